The van der Waals surface area contributed by atoms with Crippen LogP contribution in [0, 0.1) is 0 Å². The SMILES string of the molecule is C=C1CCC(=O)N1CCN1CCN(C(=O)NCCOCCOCCOCCOCCOCCNC(=O)NCCOCCOCCCCC)CC1. The molecule has 50 heavy (non-hydrogen) atoms. The summed E-state index contributed by atoms with van der Waals surface area (Å²) in [6, 6.07) is -0.332. The molecule has 0 unspecified atom stereocenters. The molecule has 0 aromatic heterocycles. The molecule has 0 aliphatic carbocycles. The molecule has 0 atom stereocenters. The number of carbonyl (C=O) groups excluding carboxylic acids is 3. The molecule has 16 nitrogen and oxygen atoms in total. The minimum absolute atomic E-state index is 0.0805. The molecule has 3 N–H and O–H groups in total. The van der Waals surface area contributed by atoms with Crippen molar-refractivity contribution in [3.63, 3.8) is 0 Å². The fourth-order valence-corrected chi connectivity index (χ4v) is 5.03. The summed E-state index contributed by atoms with van der Waals surface area (Å²) < 4.78 is 38.3. The van der Waals surface area contributed by atoms with Crippen molar-refractivity contribution in [2.24, 2.45) is 0 Å². The van der Waals surface area contributed by atoms with Crippen LogP contribution in [0.25, 0.3) is 0 Å². The van der Waals surface area contributed by atoms with Crippen LogP contribution in [-0.2, 0) is 38.0 Å². The van der Waals surface area contributed by atoms with Gasteiger partial charge >= 0.3 is 12.1 Å². The Bertz CT molecular complexity index is 894. The molecule has 0 aromatic carbocycles. The molecular formula is C34H64N6O10. The molecule has 2 fully saturated rings. The first-order valence-corrected chi connectivity index (χ1v) is 18.3. The number of amides is 5. The van der Waals surface area contributed by atoms with Crippen LogP contribution in [0.4, 0.5) is 9.59 Å². The van der Waals surface area contributed by atoms with Crippen LogP contribution in [-0.4, -0.2) is 184 Å². The highest BCUT2D eigenvalue weighted by Crippen LogP contribution is 2.20. The van der Waals surface area contributed by atoms with Crippen molar-refractivity contribution in [1.82, 2.24) is 30.7 Å². The van der Waals surface area contributed by atoms with Crippen molar-refractivity contribution in [2.75, 3.05) is 151 Å². The Morgan fingerprint density at radius 1 is 0.600 bits per heavy atom. The van der Waals surface area contributed by atoms with Gasteiger partial charge in [-0.25, -0.2) is 9.59 Å². The molecule has 2 rings (SSSR count). The number of hydrogen-bond acceptors (Lipinski definition) is 11. The standard InChI is InChI=1S/C34H64N6O10/c1-3-4-5-17-44-21-22-45-18-8-35-33(42)36-9-19-46-23-25-48-27-29-50-30-28-49-26-24-47-20-10-37-34(43)39-14-11-38(12-15-39)13-16-40-31(2)6-7-32(40)41/h2-30H2,1H3,(H,37,43)(H2,35,36,42). The van der Waals surface area contributed by atoms with E-state index in [9.17, 15) is 14.4 Å². The number of piperazine rings is 1. The van der Waals surface area contributed by atoms with E-state index in [1.54, 1.807) is 4.90 Å². The van der Waals surface area contributed by atoms with Crippen LogP contribution in [0.1, 0.15) is 39.0 Å². The Hall–Kier alpha value is -2.57. The summed E-state index contributed by atoms with van der Waals surface area (Å²) in [6.45, 7) is 18.5. The zero-order chi connectivity index (χ0) is 35.9. The smallest absolute Gasteiger partial charge is 0.317 e. The lowest BCUT2D eigenvalue weighted by Crippen LogP contribution is -2.53. The zero-order valence-electron chi connectivity index (χ0n) is 30.4. The molecule has 290 valence electrons. The van der Waals surface area contributed by atoms with E-state index in [0.29, 0.717) is 132 Å². The number of rotatable bonds is 31. The fraction of sp³-hybridized carbons (Fsp3) is 0.853. The third kappa shape index (κ3) is 22.3. The highest BCUT2D eigenvalue weighted by Gasteiger charge is 2.26. The van der Waals surface area contributed by atoms with E-state index in [1.807, 2.05) is 4.90 Å². The quantitative estimate of drug-likeness (QED) is 0.0881. The normalized spacial score (nSPS) is 15.2. The van der Waals surface area contributed by atoms with Gasteiger partial charge in [0.15, 0.2) is 0 Å². The van der Waals surface area contributed by atoms with E-state index < -0.39 is 0 Å². The van der Waals surface area contributed by atoms with E-state index in [1.165, 1.54) is 12.8 Å². The second-order valence-corrected chi connectivity index (χ2v) is 11.8. The molecule has 2 aliphatic rings. The van der Waals surface area contributed by atoms with E-state index in [0.717, 1.165) is 44.8 Å². The molecule has 0 radical (unpaired) electrons. The van der Waals surface area contributed by atoms with Gasteiger partial charge in [-0.15, -0.1) is 0 Å². The van der Waals surface area contributed by atoms with Gasteiger partial charge in [0.25, 0.3) is 0 Å². The number of nitrogens with zero attached hydrogens (tertiary/aromatic N) is 3. The summed E-state index contributed by atoms with van der Waals surface area (Å²) in [5.74, 6) is 0.159. The monoisotopic (exact) mass is 716 g/mol. The van der Waals surface area contributed by atoms with E-state index >= 15 is 0 Å². The van der Waals surface area contributed by atoms with Gasteiger partial charge in [-0.2, -0.15) is 0 Å². The number of allylic oxidation sites excluding steroid dienone is 1. The van der Waals surface area contributed by atoms with Crippen molar-refractivity contribution >= 4 is 18.0 Å². The zero-order valence-corrected chi connectivity index (χ0v) is 30.4. The minimum atomic E-state index is -0.252. The predicted molar refractivity (Wildman–Crippen MR) is 188 cm³/mol. The van der Waals surface area contributed by atoms with Gasteiger partial charge in [-0.1, -0.05) is 26.3 Å². The summed E-state index contributed by atoms with van der Waals surface area (Å²) >= 11 is 0. The Labute approximate surface area is 298 Å². The lowest BCUT2D eigenvalue weighted by atomic mass is 10.3. The predicted octanol–water partition coefficient (Wildman–Crippen LogP) is 1.06. The largest absolute Gasteiger partial charge is 0.379 e. The molecular weight excluding hydrogens is 652 g/mol. The van der Waals surface area contributed by atoms with Crippen molar-refractivity contribution in [3.8, 4) is 0 Å². The average Bonchev–Trinajstić information content (AvgIpc) is 3.45. The summed E-state index contributed by atoms with van der Waals surface area (Å²) in [7, 11) is 0. The summed E-state index contributed by atoms with van der Waals surface area (Å²) in [5.41, 5.74) is 0.909. The number of ether oxygens (including phenoxy) is 7. The van der Waals surface area contributed by atoms with Crippen LogP contribution >= 0.6 is 0 Å². The molecule has 0 spiro atoms. The number of unbranched alkanes of at least 4 members (excludes halogenated alkanes) is 2. The third-order valence-corrected chi connectivity index (χ3v) is 7.95. The van der Waals surface area contributed by atoms with Crippen LogP contribution in [0.3, 0.4) is 0 Å². The molecule has 5 amide bonds. The summed E-state index contributed by atoms with van der Waals surface area (Å²) in [6.07, 6.45) is 4.77. The van der Waals surface area contributed by atoms with Gasteiger partial charge < -0.3 is 58.9 Å². The van der Waals surface area contributed by atoms with Crippen molar-refractivity contribution < 1.29 is 47.5 Å². The molecule has 2 aliphatic heterocycles. The maximum absolute atomic E-state index is 12.4. The lowest BCUT2D eigenvalue weighted by molar-refractivity contribution is -0.126. The van der Waals surface area contributed by atoms with Crippen LogP contribution in [0.15, 0.2) is 12.3 Å². The van der Waals surface area contributed by atoms with Crippen LogP contribution < -0.4 is 16.0 Å². The fourth-order valence-electron chi connectivity index (χ4n) is 5.03. The highest BCUT2D eigenvalue weighted by molar-refractivity contribution is 5.81. The second kappa shape index (κ2) is 30.1. The van der Waals surface area contributed by atoms with Gasteiger partial charge in [0.05, 0.1) is 85.9 Å². The maximum atomic E-state index is 12.4. The first-order valence-electron chi connectivity index (χ1n) is 18.3. The molecule has 2 heterocycles. The van der Waals surface area contributed by atoms with Crippen molar-refractivity contribution in [2.45, 2.75) is 39.0 Å². The lowest BCUT2D eigenvalue weighted by Gasteiger charge is -2.35. The minimum Gasteiger partial charge on any atom is -0.379 e. The highest BCUT2D eigenvalue weighted by atomic mass is 16.6. The number of carbonyl (C=O) groups is 3. The van der Waals surface area contributed by atoms with Gasteiger partial charge in [-0.05, 0) is 12.8 Å². The molecule has 2 saturated heterocycles. The third-order valence-electron chi connectivity index (χ3n) is 7.95. The van der Waals surface area contributed by atoms with Gasteiger partial charge in [0.2, 0.25) is 5.91 Å². The maximum Gasteiger partial charge on any atom is 0.317 e. The van der Waals surface area contributed by atoms with Gasteiger partial charge in [-0.3, -0.25) is 9.69 Å². The Morgan fingerprint density at radius 2 is 1.06 bits per heavy atom. The van der Waals surface area contributed by atoms with E-state index in [-0.39, 0.29) is 18.0 Å². The number of nitrogens with one attached hydrogen (secondary N) is 3. The molecule has 0 saturated carbocycles. The number of hydrogen-bond donors (Lipinski definition) is 3. The van der Waals surface area contributed by atoms with Crippen molar-refractivity contribution in [1.29, 1.82) is 0 Å². The summed E-state index contributed by atoms with van der Waals surface area (Å²) in [4.78, 5) is 42.0. The topological polar surface area (TPSA) is 162 Å². The van der Waals surface area contributed by atoms with Crippen molar-refractivity contribution in [3.05, 3.63) is 12.3 Å². The Kier molecular flexibility index (Phi) is 26.2. The molecule has 16 heteroatoms. The van der Waals surface area contributed by atoms with Gasteiger partial charge in [0.1, 0.15) is 0 Å². The molecule has 0 aromatic rings. The van der Waals surface area contributed by atoms with E-state index in [2.05, 4.69) is 34.4 Å². The van der Waals surface area contributed by atoms with E-state index in [4.69, 9.17) is 33.2 Å². The first-order chi connectivity index (χ1) is 24.5. The van der Waals surface area contributed by atoms with Gasteiger partial charge in [0, 0.05) is 77.6 Å². The Morgan fingerprint density at radius 3 is 1.52 bits per heavy atom. The average molecular weight is 717 g/mol. The van der Waals surface area contributed by atoms with Crippen LogP contribution in [0.2, 0.25) is 0 Å². The summed E-state index contributed by atoms with van der Waals surface area (Å²) in [5, 5.41) is 8.37. The van der Waals surface area contributed by atoms with Crippen LogP contribution in [0.5, 0.6) is 0 Å². The molecule has 0 bridgehead atoms. The number of likely N-dealkylation sites (tertiary alicyclic amines) is 1. The Balaban J connectivity index is 1.23. The first kappa shape index (κ1) is 43.6. The number of urea groups is 2. The second-order valence-electron chi connectivity index (χ2n) is 11.8.